The lowest BCUT2D eigenvalue weighted by atomic mass is 10.2. The Labute approximate surface area is 96.3 Å². The monoisotopic (exact) mass is 222 g/mol. The smallest absolute Gasteiger partial charge is 0.118 e. The maximum absolute atomic E-state index is 8.51. The summed E-state index contributed by atoms with van der Waals surface area (Å²) >= 11 is 0. The molecule has 0 spiro atoms. The number of hydrogen-bond donors (Lipinski definition) is 1. The number of methoxy groups -OCH3 is 1. The summed E-state index contributed by atoms with van der Waals surface area (Å²) in [7, 11) is 1.65. The van der Waals surface area contributed by atoms with Crippen molar-refractivity contribution in [1.29, 1.82) is 0 Å². The molecule has 3 nitrogen and oxygen atoms in total. The number of hydrogen-bond acceptors (Lipinski definition) is 3. The number of aliphatic hydroxyl groups is 1. The van der Waals surface area contributed by atoms with Gasteiger partial charge in [-0.15, -0.1) is 0 Å². The molecule has 0 fully saturated rings. The molecular formula is C13H18O3. The third-order valence-corrected chi connectivity index (χ3v) is 2.13. The van der Waals surface area contributed by atoms with Crippen LogP contribution in [0.2, 0.25) is 0 Å². The zero-order valence-corrected chi connectivity index (χ0v) is 9.56. The molecule has 0 saturated heterocycles. The van der Waals surface area contributed by atoms with E-state index in [0.29, 0.717) is 13.2 Å². The molecule has 1 aromatic carbocycles. The summed E-state index contributed by atoms with van der Waals surface area (Å²) in [5, 5.41) is 8.51. The van der Waals surface area contributed by atoms with Gasteiger partial charge in [0.05, 0.1) is 26.9 Å². The third kappa shape index (κ3) is 4.96. The number of rotatable bonds is 7. The zero-order valence-electron chi connectivity index (χ0n) is 9.56. The van der Waals surface area contributed by atoms with E-state index in [-0.39, 0.29) is 6.61 Å². The SMILES string of the molecule is COc1ccc(COCC/C=C\CO)cc1. The van der Waals surface area contributed by atoms with Crippen LogP contribution in [0.1, 0.15) is 12.0 Å². The van der Waals surface area contributed by atoms with E-state index in [0.717, 1.165) is 17.7 Å². The fourth-order valence-corrected chi connectivity index (χ4v) is 1.26. The van der Waals surface area contributed by atoms with Crippen LogP contribution >= 0.6 is 0 Å². The van der Waals surface area contributed by atoms with Crippen molar-refractivity contribution in [3.8, 4) is 5.75 Å². The summed E-state index contributed by atoms with van der Waals surface area (Å²) < 4.78 is 10.5. The van der Waals surface area contributed by atoms with Crippen molar-refractivity contribution < 1.29 is 14.6 Å². The zero-order chi connectivity index (χ0) is 11.6. The van der Waals surface area contributed by atoms with Gasteiger partial charge >= 0.3 is 0 Å². The minimum atomic E-state index is 0.0957. The minimum Gasteiger partial charge on any atom is -0.497 e. The van der Waals surface area contributed by atoms with Gasteiger partial charge in [-0.05, 0) is 24.1 Å². The van der Waals surface area contributed by atoms with Crippen molar-refractivity contribution in [2.75, 3.05) is 20.3 Å². The predicted octanol–water partition coefficient (Wildman–Crippen LogP) is 2.15. The average molecular weight is 222 g/mol. The Balaban J connectivity index is 2.19. The molecular weight excluding hydrogens is 204 g/mol. The van der Waals surface area contributed by atoms with Crippen molar-refractivity contribution in [3.63, 3.8) is 0 Å². The topological polar surface area (TPSA) is 38.7 Å². The van der Waals surface area contributed by atoms with Crippen LogP contribution < -0.4 is 4.74 Å². The van der Waals surface area contributed by atoms with E-state index < -0.39 is 0 Å². The number of ether oxygens (including phenoxy) is 2. The first kappa shape index (κ1) is 12.7. The van der Waals surface area contributed by atoms with E-state index in [2.05, 4.69) is 0 Å². The highest BCUT2D eigenvalue weighted by molar-refractivity contribution is 5.26. The van der Waals surface area contributed by atoms with Crippen LogP contribution in [0.25, 0.3) is 0 Å². The molecule has 0 aliphatic heterocycles. The summed E-state index contributed by atoms with van der Waals surface area (Å²) in [5.41, 5.74) is 1.13. The first-order chi connectivity index (χ1) is 7.86. The molecule has 1 aromatic rings. The van der Waals surface area contributed by atoms with Crippen LogP contribution in [0.15, 0.2) is 36.4 Å². The Morgan fingerprint density at radius 2 is 1.94 bits per heavy atom. The molecule has 0 saturated carbocycles. The highest BCUT2D eigenvalue weighted by Crippen LogP contribution is 2.11. The van der Waals surface area contributed by atoms with Gasteiger partial charge in [0.1, 0.15) is 5.75 Å². The Bertz CT molecular complexity index is 303. The van der Waals surface area contributed by atoms with Gasteiger partial charge in [-0.3, -0.25) is 0 Å². The van der Waals surface area contributed by atoms with Crippen molar-refractivity contribution in [1.82, 2.24) is 0 Å². The molecule has 1 N–H and O–H groups in total. The number of benzene rings is 1. The molecule has 1 rings (SSSR count). The van der Waals surface area contributed by atoms with Gasteiger partial charge in [0, 0.05) is 0 Å². The van der Waals surface area contributed by atoms with Crippen LogP contribution in [0.3, 0.4) is 0 Å². The summed E-state index contributed by atoms with van der Waals surface area (Å²) in [4.78, 5) is 0. The van der Waals surface area contributed by atoms with Crippen LogP contribution in [0.4, 0.5) is 0 Å². The second-order valence-electron chi connectivity index (χ2n) is 3.34. The standard InChI is InChI=1S/C13H18O3/c1-15-13-7-5-12(6-8-13)11-16-10-4-2-3-9-14/h2-3,5-8,14H,4,9-11H2,1H3/b3-2-. The lowest BCUT2D eigenvalue weighted by molar-refractivity contribution is 0.125. The van der Waals surface area contributed by atoms with E-state index in [4.69, 9.17) is 14.6 Å². The summed E-state index contributed by atoms with van der Waals surface area (Å²) in [6.45, 7) is 1.37. The Morgan fingerprint density at radius 3 is 2.56 bits per heavy atom. The van der Waals surface area contributed by atoms with E-state index in [1.165, 1.54) is 0 Å². The molecule has 0 bridgehead atoms. The molecule has 3 heteroatoms. The third-order valence-electron chi connectivity index (χ3n) is 2.13. The first-order valence-corrected chi connectivity index (χ1v) is 5.33. The van der Waals surface area contributed by atoms with Crippen LogP contribution in [-0.2, 0) is 11.3 Å². The van der Waals surface area contributed by atoms with E-state index in [9.17, 15) is 0 Å². The molecule has 0 unspecified atom stereocenters. The van der Waals surface area contributed by atoms with Crippen molar-refractivity contribution in [2.24, 2.45) is 0 Å². The van der Waals surface area contributed by atoms with Gasteiger partial charge in [-0.25, -0.2) is 0 Å². The van der Waals surface area contributed by atoms with Gasteiger partial charge in [0.2, 0.25) is 0 Å². The lowest BCUT2D eigenvalue weighted by Crippen LogP contribution is -1.94. The summed E-state index contributed by atoms with van der Waals surface area (Å²) in [5.74, 6) is 0.856. The Morgan fingerprint density at radius 1 is 1.19 bits per heavy atom. The molecule has 88 valence electrons. The molecule has 0 aromatic heterocycles. The van der Waals surface area contributed by atoms with Crippen LogP contribution in [0, 0.1) is 0 Å². The molecule has 16 heavy (non-hydrogen) atoms. The second kappa shape index (κ2) is 7.91. The van der Waals surface area contributed by atoms with Crippen molar-refractivity contribution >= 4 is 0 Å². The number of aliphatic hydroxyl groups excluding tert-OH is 1. The van der Waals surface area contributed by atoms with Gasteiger partial charge in [0.15, 0.2) is 0 Å². The van der Waals surface area contributed by atoms with Gasteiger partial charge in [-0.1, -0.05) is 24.3 Å². The van der Waals surface area contributed by atoms with Gasteiger partial charge < -0.3 is 14.6 Å². The quantitative estimate of drug-likeness (QED) is 0.567. The van der Waals surface area contributed by atoms with Gasteiger partial charge in [-0.2, -0.15) is 0 Å². The maximum Gasteiger partial charge on any atom is 0.118 e. The van der Waals surface area contributed by atoms with Crippen molar-refractivity contribution in [2.45, 2.75) is 13.0 Å². The molecule has 0 amide bonds. The normalized spacial score (nSPS) is 10.9. The second-order valence-corrected chi connectivity index (χ2v) is 3.34. The average Bonchev–Trinajstić information content (AvgIpc) is 2.34. The first-order valence-electron chi connectivity index (χ1n) is 5.33. The lowest BCUT2D eigenvalue weighted by Gasteiger charge is -2.04. The summed E-state index contributed by atoms with van der Waals surface area (Å²) in [6, 6.07) is 7.82. The van der Waals surface area contributed by atoms with E-state index in [1.54, 1.807) is 13.2 Å². The molecule has 0 radical (unpaired) electrons. The highest BCUT2D eigenvalue weighted by atomic mass is 16.5. The largest absolute Gasteiger partial charge is 0.497 e. The predicted molar refractivity (Wildman–Crippen MR) is 63.5 cm³/mol. The van der Waals surface area contributed by atoms with E-state index >= 15 is 0 Å². The molecule has 0 aliphatic rings. The van der Waals surface area contributed by atoms with Crippen LogP contribution in [0.5, 0.6) is 5.75 Å². The van der Waals surface area contributed by atoms with Crippen LogP contribution in [-0.4, -0.2) is 25.4 Å². The maximum atomic E-state index is 8.51. The Kier molecular flexibility index (Phi) is 6.30. The minimum absolute atomic E-state index is 0.0957. The molecule has 0 heterocycles. The fraction of sp³-hybridized carbons (Fsp3) is 0.385. The fourth-order valence-electron chi connectivity index (χ4n) is 1.26. The van der Waals surface area contributed by atoms with Crippen molar-refractivity contribution in [3.05, 3.63) is 42.0 Å². The molecule has 0 aliphatic carbocycles. The molecule has 0 atom stereocenters. The highest BCUT2D eigenvalue weighted by Gasteiger charge is 1.94. The van der Waals surface area contributed by atoms with E-state index in [1.807, 2.05) is 30.3 Å². The van der Waals surface area contributed by atoms with Gasteiger partial charge in [0.25, 0.3) is 0 Å². The summed E-state index contributed by atoms with van der Waals surface area (Å²) in [6.07, 6.45) is 4.46. The Hall–Kier alpha value is -1.32.